The second kappa shape index (κ2) is 9.82. The van der Waals surface area contributed by atoms with Crippen molar-refractivity contribution in [2.75, 3.05) is 0 Å². The molecule has 0 aliphatic carbocycles. The van der Waals surface area contributed by atoms with Crippen molar-refractivity contribution in [1.82, 2.24) is 9.97 Å². The standard InChI is InChI=1S/C13H11F3N2O.2C2H6/c1-8-5-9(2)18-12(6-8)19-11-4-3-10(7-17-11)13(14,15)16;2*1-2/h3-7H,1-2H3;2*1-2H3. The van der Waals surface area contributed by atoms with E-state index in [4.69, 9.17) is 4.74 Å². The normalized spacial score (nSPS) is 9.96. The maximum absolute atomic E-state index is 12.4. The second-order valence-electron chi connectivity index (χ2n) is 4.11. The number of hydrogen-bond acceptors (Lipinski definition) is 3. The highest BCUT2D eigenvalue weighted by Gasteiger charge is 2.30. The highest BCUT2D eigenvalue weighted by molar-refractivity contribution is 5.28. The summed E-state index contributed by atoms with van der Waals surface area (Å²) in [7, 11) is 0. The van der Waals surface area contributed by atoms with Gasteiger partial charge in [0.2, 0.25) is 11.8 Å². The van der Waals surface area contributed by atoms with E-state index in [1.807, 2.05) is 40.7 Å². The molecule has 0 saturated carbocycles. The van der Waals surface area contributed by atoms with Gasteiger partial charge in [-0.1, -0.05) is 27.7 Å². The predicted octanol–water partition coefficient (Wildman–Crippen LogP) is 5.96. The Morgan fingerprint density at radius 1 is 0.913 bits per heavy atom. The summed E-state index contributed by atoms with van der Waals surface area (Å²) in [6.07, 6.45) is -3.66. The van der Waals surface area contributed by atoms with Gasteiger partial charge in [0.15, 0.2) is 0 Å². The fourth-order valence-electron chi connectivity index (χ4n) is 1.57. The Balaban J connectivity index is 0.00000112. The zero-order valence-corrected chi connectivity index (χ0v) is 14.3. The number of halogens is 3. The van der Waals surface area contributed by atoms with E-state index in [2.05, 4.69) is 9.97 Å². The second-order valence-corrected chi connectivity index (χ2v) is 4.11. The first-order chi connectivity index (χ1) is 10.8. The average Bonchev–Trinajstić information content (AvgIpc) is 2.50. The molecule has 0 amide bonds. The smallest absolute Gasteiger partial charge is 0.417 e. The van der Waals surface area contributed by atoms with Gasteiger partial charge in [0.25, 0.3) is 0 Å². The Hall–Kier alpha value is -2.11. The number of aryl methyl sites for hydroxylation is 2. The fourth-order valence-corrected chi connectivity index (χ4v) is 1.57. The van der Waals surface area contributed by atoms with E-state index in [0.717, 1.165) is 23.5 Å². The van der Waals surface area contributed by atoms with E-state index in [1.165, 1.54) is 6.07 Å². The molecule has 2 rings (SSSR count). The van der Waals surface area contributed by atoms with Crippen LogP contribution in [-0.4, -0.2) is 9.97 Å². The fraction of sp³-hybridized carbons (Fsp3) is 0.412. The molecule has 0 bridgehead atoms. The minimum Gasteiger partial charge on any atom is -0.421 e. The Labute approximate surface area is 135 Å². The molecule has 2 aromatic heterocycles. The van der Waals surface area contributed by atoms with Crippen LogP contribution in [0.1, 0.15) is 44.5 Å². The lowest BCUT2D eigenvalue weighted by Gasteiger charge is -2.08. The largest absolute Gasteiger partial charge is 0.421 e. The summed E-state index contributed by atoms with van der Waals surface area (Å²) < 4.78 is 42.4. The minimum atomic E-state index is -4.40. The number of hydrogen-bond donors (Lipinski definition) is 0. The lowest BCUT2D eigenvalue weighted by Crippen LogP contribution is -2.05. The number of rotatable bonds is 2. The maximum Gasteiger partial charge on any atom is 0.417 e. The SMILES string of the molecule is CC.CC.Cc1cc(C)nc(Oc2ccc(C(F)(F)F)cn2)c1. The van der Waals surface area contributed by atoms with E-state index in [9.17, 15) is 13.2 Å². The third-order valence-corrected chi connectivity index (χ3v) is 2.35. The number of nitrogens with zero attached hydrogens (tertiary/aromatic N) is 2. The lowest BCUT2D eigenvalue weighted by molar-refractivity contribution is -0.137. The van der Waals surface area contributed by atoms with Crippen LogP contribution in [0.2, 0.25) is 0 Å². The molecule has 0 fully saturated rings. The first-order valence-corrected chi connectivity index (χ1v) is 7.51. The van der Waals surface area contributed by atoms with E-state index < -0.39 is 11.7 Å². The third kappa shape index (κ3) is 7.13. The number of ether oxygens (including phenoxy) is 1. The molecular formula is C17H23F3N2O. The Morgan fingerprint density at radius 2 is 1.52 bits per heavy atom. The Kier molecular flexibility index (Phi) is 8.92. The van der Waals surface area contributed by atoms with Gasteiger partial charge >= 0.3 is 6.18 Å². The number of pyridine rings is 2. The van der Waals surface area contributed by atoms with Gasteiger partial charge in [0.1, 0.15) is 0 Å². The van der Waals surface area contributed by atoms with Crippen molar-refractivity contribution in [3.8, 4) is 11.8 Å². The molecule has 0 aliphatic heterocycles. The quantitative estimate of drug-likeness (QED) is 0.682. The van der Waals surface area contributed by atoms with Crippen molar-refractivity contribution in [3.63, 3.8) is 0 Å². The van der Waals surface area contributed by atoms with Crippen molar-refractivity contribution in [2.45, 2.75) is 47.7 Å². The summed E-state index contributed by atoms with van der Waals surface area (Å²) >= 11 is 0. The Morgan fingerprint density at radius 3 is 1.96 bits per heavy atom. The van der Waals surface area contributed by atoms with Crippen LogP contribution in [0.25, 0.3) is 0 Å². The third-order valence-electron chi connectivity index (χ3n) is 2.35. The van der Waals surface area contributed by atoms with E-state index in [1.54, 1.807) is 13.0 Å². The van der Waals surface area contributed by atoms with Crippen molar-refractivity contribution in [2.24, 2.45) is 0 Å². The summed E-state index contributed by atoms with van der Waals surface area (Å²) in [5.74, 6) is 0.384. The van der Waals surface area contributed by atoms with Gasteiger partial charge in [-0.2, -0.15) is 13.2 Å². The maximum atomic E-state index is 12.4. The molecule has 23 heavy (non-hydrogen) atoms. The summed E-state index contributed by atoms with van der Waals surface area (Å²) in [5.41, 5.74) is 0.907. The molecular weight excluding hydrogens is 305 g/mol. The Bertz CT molecular complexity index is 561. The van der Waals surface area contributed by atoms with E-state index in [0.29, 0.717) is 5.88 Å². The highest BCUT2D eigenvalue weighted by Crippen LogP contribution is 2.29. The van der Waals surface area contributed by atoms with Crippen LogP contribution in [0.3, 0.4) is 0 Å². The molecule has 0 aromatic carbocycles. The topological polar surface area (TPSA) is 35.0 Å². The molecule has 2 heterocycles. The molecule has 3 nitrogen and oxygen atoms in total. The van der Waals surface area contributed by atoms with Crippen molar-refractivity contribution in [1.29, 1.82) is 0 Å². The van der Waals surface area contributed by atoms with Crippen LogP contribution in [0.5, 0.6) is 11.8 Å². The van der Waals surface area contributed by atoms with Crippen molar-refractivity contribution < 1.29 is 17.9 Å². The van der Waals surface area contributed by atoms with Crippen LogP contribution < -0.4 is 4.74 Å². The van der Waals surface area contributed by atoms with Crippen LogP contribution in [0.4, 0.5) is 13.2 Å². The van der Waals surface area contributed by atoms with Gasteiger partial charge in [0.05, 0.1) is 5.56 Å². The molecule has 2 aromatic rings. The average molecular weight is 328 g/mol. The summed E-state index contributed by atoms with van der Waals surface area (Å²) in [5, 5.41) is 0. The van der Waals surface area contributed by atoms with Crippen LogP contribution in [-0.2, 0) is 6.18 Å². The zero-order chi connectivity index (χ0) is 18.0. The summed E-state index contributed by atoms with van der Waals surface area (Å²) in [4.78, 5) is 7.73. The molecule has 0 N–H and O–H groups in total. The molecule has 0 unspecified atom stereocenters. The van der Waals surface area contributed by atoms with Crippen LogP contribution in [0.15, 0.2) is 30.5 Å². The first kappa shape index (κ1) is 20.9. The van der Waals surface area contributed by atoms with Gasteiger partial charge in [0, 0.05) is 24.0 Å². The molecule has 6 heteroatoms. The minimum absolute atomic E-state index is 0.0745. The molecule has 0 aliphatic rings. The summed E-state index contributed by atoms with van der Waals surface area (Å²) in [6.45, 7) is 11.7. The number of aromatic nitrogens is 2. The van der Waals surface area contributed by atoms with Crippen LogP contribution >= 0.6 is 0 Å². The van der Waals surface area contributed by atoms with E-state index >= 15 is 0 Å². The van der Waals surface area contributed by atoms with Crippen molar-refractivity contribution in [3.05, 3.63) is 47.3 Å². The van der Waals surface area contributed by atoms with Gasteiger partial charge < -0.3 is 4.74 Å². The highest BCUT2D eigenvalue weighted by atomic mass is 19.4. The monoisotopic (exact) mass is 328 g/mol. The van der Waals surface area contributed by atoms with Gasteiger partial charge in [-0.25, -0.2) is 9.97 Å². The molecule has 0 spiro atoms. The lowest BCUT2D eigenvalue weighted by atomic mass is 10.2. The van der Waals surface area contributed by atoms with Gasteiger partial charge in [-0.3, -0.25) is 0 Å². The molecule has 0 saturated heterocycles. The van der Waals surface area contributed by atoms with Crippen molar-refractivity contribution >= 4 is 0 Å². The predicted molar refractivity (Wildman–Crippen MR) is 85.7 cm³/mol. The molecule has 128 valence electrons. The summed E-state index contributed by atoms with van der Waals surface area (Å²) in [6, 6.07) is 5.65. The van der Waals surface area contributed by atoms with E-state index in [-0.39, 0.29) is 5.88 Å². The van der Waals surface area contributed by atoms with Gasteiger partial charge in [-0.05, 0) is 31.5 Å². The van der Waals surface area contributed by atoms with Gasteiger partial charge in [-0.15, -0.1) is 0 Å². The zero-order valence-electron chi connectivity index (χ0n) is 14.3. The number of alkyl halides is 3. The van der Waals surface area contributed by atoms with Crippen LogP contribution in [0, 0.1) is 13.8 Å². The molecule has 0 atom stereocenters. The molecule has 0 radical (unpaired) electrons. The first-order valence-electron chi connectivity index (χ1n) is 7.51.